The van der Waals surface area contributed by atoms with Crippen molar-refractivity contribution < 1.29 is 4.79 Å². The Morgan fingerprint density at radius 2 is 2.11 bits per heavy atom. The number of hydrogen-bond donors (Lipinski definition) is 1. The van der Waals surface area contributed by atoms with Crippen LogP contribution in [0.25, 0.3) is 0 Å². The number of thiol groups is 1. The van der Waals surface area contributed by atoms with Gasteiger partial charge >= 0.3 is 0 Å². The van der Waals surface area contributed by atoms with Crippen LogP contribution in [-0.4, -0.2) is 9.98 Å². The zero-order valence-corrected chi connectivity index (χ0v) is 6.89. The van der Waals surface area contributed by atoms with E-state index in [0.717, 1.165) is 12.8 Å². The lowest BCUT2D eigenvalue weighted by Crippen LogP contribution is -2.17. The minimum Gasteiger partial charge on any atom is -0.299 e. The molecule has 1 nitrogen and oxygen atoms in total. The Labute approximate surface area is 65.2 Å². The van der Waals surface area contributed by atoms with Crippen LogP contribution in [0.3, 0.4) is 0 Å². The molecule has 1 aliphatic rings. The molecule has 0 bridgehead atoms. The average molecular weight is 160 g/mol. The van der Waals surface area contributed by atoms with Gasteiger partial charge in [0.05, 0.1) is 9.61 Å². The normalized spacial score (nSPS) is 21.1. The highest BCUT2D eigenvalue weighted by Crippen LogP contribution is 2.48. The lowest BCUT2D eigenvalue weighted by Gasteiger charge is -2.05. The largest absolute Gasteiger partial charge is 0.299 e. The Morgan fingerprint density at radius 3 is 2.11 bits per heavy atom. The molecule has 0 aromatic carbocycles. The molecule has 0 heterocycles. The van der Waals surface area contributed by atoms with E-state index >= 15 is 0 Å². The van der Waals surface area contributed by atoms with Gasteiger partial charge in [-0.05, 0) is 19.8 Å². The monoisotopic (exact) mass is 160 g/mol. The molecule has 0 aromatic heterocycles. The van der Waals surface area contributed by atoms with E-state index in [1.165, 1.54) is 0 Å². The van der Waals surface area contributed by atoms with Crippen molar-refractivity contribution in [3.8, 4) is 0 Å². The minimum atomic E-state index is -0.293. The Bertz CT molecular complexity index is 154. The maximum Gasteiger partial charge on any atom is 0.141 e. The SMILES string of the molecule is CC(=O)C1(C(=S)S)CC1. The van der Waals surface area contributed by atoms with E-state index < -0.39 is 0 Å². The van der Waals surface area contributed by atoms with Gasteiger partial charge in [-0.2, -0.15) is 0 Å². The van der Waals surface area contributed by atoms with Crippen molar-refractivity contribution in [2.45, 2.75) is 19.8 Å². The molecular formula is C6H8OS2. The minimum absolute atomic E-state index is 0.169. The number of rotatable bonds is 2. The van der Waals surface area contributed by atoms with Gasteiger partial charge in [-0.1, -0.05) is 12.2 Å². The lowest BCUT2D eigenvalue weighted by atomic mass is 10.1. The third-order valence-electron chi connectivity index (χ3n) is 1.83. The fraction of sp³-hybridized carbons (Fsp3) is 0.667. The predicted octanol–water partition coefficient (Wildman–Crippen LogP) is 1.61. The van der Waals surface area contributed by atoms with Crippen LogP contribution in [0, 0.1) is 5.41 Å². The summed E-state index contributed by atoms with van der Waals surface area (Å²) in [5.74, 6) is 0.169. The molecule has 50 valence electrons. The van der Waals surface area contributed by atoms with E-state index in [-0.39, 0.29) is 11.2 Å². The second kappa shape index (κ2) is 2.06. The highest BCUT2D eigenvalue weighted by atomic mass is 32.1. The van der Waals surface area contributed by atoms with Gasteiger partial charge in [0, 0.05) is 0 Å². The highest BCUT2D eigenvalue weighted by Gasteiger charge is 2.49. The van der Waals surface area contributed by atoms with Crippen LogP contribution in [0.4, 0.5) is 0 Å². The van der Waals surface area contributed by atoms with Crippen molar-refractivity contribution >= 4 is 34.8 Å². The first-order valence-corrected chi connectivity index (χ1v) is 3.69. The van der Waals surface area contributed by atoms with Crippen LogP contribution in [0.15, 0.2) is 0 Å². The lowest BCUT2D eigenvalue weighted by molar-refractivity contribution is -0.119. The number of thiocarbonyl (C=S) groups is 1. The fourth-order valence-electron chi connectivity index (χ4n) is 0.842. The van der Waals surface area contributed by atoms with Gasteiger partial charge in [-0.15, -0.1) is 12.6 Å². The quantitative estimate of drug-likeness (QED) is 0.488. The Balaban J connectivity index is 2.75. The van der Waals surface area contributed by atoms with Crippen LogP contribution in [0.2, 0.25) is 0 Å². The van der Waals surface area contributed by atoms with Crippen LogP contribution < -0.4 is 0 Å². The third kappa shape index (κ3) is 1.03. The van der Waals surface area contributed by atoms with E-state index in [1.54, 1.807) is 6.92 Å². The van der Waals surface area contributed by atoms with Gasteiger partial charge in [-0.25, -0.2) is 0 Å². The third-order valence-corrected chi connectivity index (χ3v) is 2.65. The van der Waals surface area contributed by atoms with Crippen molar-refractivity contribution in [3.05, 3.63) is 0 Å². The molecule has 0 saturated heterocycles. The molecule has 0 unspecified atom stereocenters. The maximum atomic E-state index is 10.8. The zero-order valence-electron chi connectivity index (χ0n) is 5.18. The highest BCUT2D eigenvalue weighted by molar-refractivity contribution is 8.11. The Morgan fingerprint density at radius 1 is 1.67 bits per heavy atom. The summed E-state index contributed by atoms with van der Waals surface area (Å²) in [4.78, 5) is 10.8. The van der Waals surface area contributed by atoms with Gasteiger partial charge in [0.1, 0.15) is 5.78 Å². The molecule has 3 heteroatoms. The molecular weight excluding hydrogens is 152 g/mol. The second-order valence-electron chi connectivity index (χ2n) is 2.44. The van der Waals surface area contributed by atoms with E-state index in [9.17, 15) is 4.79 Å². The van der Waals surface area contributed by atoms with Gasteiger partial charge in [0.15, 0.2) is 0 Å². The first kappa shape index (κ1) is 7.22. The number of carbonyl (C=O) groups excluding carboxylic acids is 1. The molecule has 0 amide bonds. The van der Waals surface area contributed by atoms with E-state index in [4.69, 9.17) is 12.2 Å². The van der Waals surface area contributed by atoms with Crippen LogP contribution >= 0.6 is 24.8 Å². The summed E-state index contributed by atoms with van der Waals surface area (Å²) in [6, 6.07) is 0. The van der Waals surface area contributed by atoms with Gasteiger partial charge in [0.25, 0.3) is 0 Å². The van der Waals surface area contributed by atoms with Gasteiger partial charge in [-0.3, -0.25) is 4.79 Å². The molecule has 9 heavy (non-hydrogen) atoms. The van der Waals surface area contributed by atoms with Crippen molar-refractivity contribution in [2.75, 3.05) is 0 Å². The maximum absolute atomic E-state index is 10.8. The van der Waals surface area contributed by atoms with Crippen molar-refractivity contribution in [1.82, 2.24) is 0 Å². The Hall–Kier alpha value is 0.110. The number of carbonyl (C=O) groups is 1. The molecule has 1 rings (SSSR count). The Kier molecular flexibility index (Phi) is 1.65. The summed E-state index contributed by atoms with van der Waals surface area (Å²) in [7, 11) is 0. The van der Waals surface area contributed by atoms with E-state index in [1.807, 2.05) is 0 Å². The summed E-state index contributed by atoms with van der Waals surface area (Å²) < 4.78 is 0.565. The summed E-state index contributed by atoms with van der Waals surface area (Å²) in [5.41, 5.74) is -0.293. The van der Waals surface area contributed by atoms with Crippen LogP contribution in [0.1, 0.15) is 19.8 Å². The van der Waals surface area contributed by atoms with Crippen molar-refractivity contribution in [2.24, 2.45) is 5.41 Å². The molecule has 0 aromatic rings. The zero-order chi connectivity index (χ0) is 7.07. The number of Topliss-reactive ketones (excluding diaryl/α,β-unsaturated/α-hetero) is 1. The standard InChI is InChI=1S/C6H8OS2/c1-4(7)6(2-3-6)5(8)9/h2-3H2,1H3,(H,8,9). The van der Waals surface area contributed by atoms with Crippen molar-refractivity contribution in [3.63, 3.8) is 0 Å². The molecule has 0 atom stereocenters. The molecule has 1 fully saturated rings. The van der Waals surface area contributed by atoms with Crippen LogP contribution in [0.5, 0.6) is 0 Å². The van der Waals surface area contributed by atoms with Crippen molar-refractivity contribution in [1.29, 1.82) is 0 Å². The summed E-state index contributed by atoms with van der Waals surface area (Å²) in [6.07, 6.45) is 1.81. The first-order valence-electron chi connectivity index (χ1n) is 2.84. The van der Waals surface area contributed by atoms with Gasteiger partial charge < -0.3 is 0 Å². The topological polar surface area (TPSA) is 17.1 Å². The molecule has 1 saturated carbocycles. The first-order chi connectivity index (χ1) is 4.09. The summed E-state index contributed by atoms with van der Waals surface area (Å²) >= 11 is 8.80. The molecule has 0 N–H and O–H groups in total. The molecule has 1 aliphatic carbocycles. The van der Waals surface area contributed by atoms with Crippen LogP contribution in [-0.2, 0) is 4.79 Å². The number of ketones is 1. The second-order valence-corrected chi connectivity index (χ2v) is 3.60. The summed E-state index contributed by atoms with van der Waals surface area (Å²) in [5, 5.41) is 0. The molecule has 0 radical (unpaired) electrons. The van der Waals surface area contributed by atoms with E-state index in [2.05, 4.69) is 12.6 Å². The molecule has 0 spiro atoms. The predicted molar refractivity (Wildman–Crippen MR) is 43.9 cm³/mol. The fourth-order valence-corrected chi connectivity index (χ4v) is 1.57. The van der Waals surface area contributed by atoms with Gasteiger partial charge in [0.2, 0.25) is 0 Å². The van der Waals surface area contributed by atoms with E-state index in [0.29, 0.717) is 4.20 Å². The molecule has 0 aliphatic heterocycles. The number of hydrogen-bond acceptors (Lipinski definition) is 2. The average Bonchev–Trinajstić information content (AvgIpc) is 2.40. The smallest absolute Gasteiger partial charge is 0.141 e. The summed E-state index contributed by atoms with van der Waals surface area (Å²) in [6.45, 7) is 1.58.